The summed E-state index contributed by atoms with van der Waals surface area (Å²) in [5, 5.41) is 7.59. The molecule has 2 heterocycles. The van der Waals surface area contributed by atoms with Crippen molar-refractivity contribution in [3.05, 3.63) is 18.0 Å². The van der Waals surface area contributed by atoms with Crippen molar-refractivity contribution in [1.82, 2.24) is 15.1 Å². The van der Waals surface area contributed by atoms with Crippen molar-refractivity contribution in [2.45, 2.75) is 25.5 Å². The van der Waals surface area contributed by atoms with Crippen molar-refractivity contribution >= 4 is 0 Å². The fourth-order valence-electron chi connectivity index (χ4n) is 2.41. The van der Waals surface area contributed by atoms with Crippen LogP contribution in [0.3, 0.4) is 0 Å². The van der Waals surface area contributed by atoms with Crippen LogP contribution in [0.25, 0.3) is 0 Å². The van der Waals surface area contributed by atoms with Crippen LogP contribution in [0.4, 0.5) is 0 Å². The van der Waals surface area contributed by atoms with Crippen LogP contribution in [0.15, 0.2) is 12.4 Å². The Morgan fingerprint density at radius 2 is 2.47 bits per heavy atom. The van der Waals surface area contributed by atoms with Crippen LogP contribution in [0.2, 0.25) is 0 Å². The largest absolute Gasteiger partial charge is 0.378 e. The molecule has 1 saturated heterocycles. The molecule has 4 nitrogen and oxygen atoms in total. The minimum Gasteiger partial charge on any atom is -0.378 e. The van der Waals surface area contributed by atoms with E-state index in [0.717, 1.165) is 13.0 Å². The lowest BCUT2D eigenvalue weighted by Crippen LogP contribution is -2.29. The summed E-state index contributed by atoms with van der Waals surface area (Å²) in [6.45, 7) is 3.03. The Morgan fingerprint density at radius 1 is 1.67 bits per heavy atom. The second-order valence-corrected chi connectivity index (χ2v) is 4.24. The highest BCUT2D eigenvalue weighted by molar-refractivity contribution is 5.12. The summed E-state index contributed by atoms with van der Waals surface area (Å²) < 4.78 is 7.46. The van der Waals surface area contributed by atoms with E-state index in [2.05, 4.69) is 23.5 Å². The highest BCUT2D eigenvalue weighted by atomic mass is 16.5. The van der Waals surface area contributed by atoms with E-state index in [1.165, 1.54) is 5.56 Å². The predicted molar refractivity (Wildman–Crippen MR) is 58.5 cm³/mol. The lowest BCUT2D eigenvalue weighted by molar-refractivity contribution is 0.0963. The normalized spacial score (nSPS) is 28.2. The molecule has 1 aromatic heterocycles. The van der Waals surface area contributed by atoms with Crippen LogP contribution in [0.5, 0.6) is 0 Å². The third kappa shape index (κ3) is 2.06. The number of rotatable bonds is 3. The van der Waals surface area contributed by atoms with E-state index < -0.39 is 0 Å². The molecule has 4 heteroatoms. The minimum absolute atomic E-state index is 0.336. The molecule has 0 amide bonds. The summed E-state index contributed by atoms with van der Waals surface area (Å²) in [6.07, 6.45) is 5.47. The van der Waals surface area contributed by atoms with E-state index in [1.807, 2.05) is 25.0 Å². The van der Waals surface area contributed by atoms with Crippen LogP contribution >= 0.6 is 0 Å². The van der Waals surface area contributed by atoms with E-state index in [4.69, 9.17) is 4.74 Å². The number of aryl methyl sites for hydroxylation is 1. The van der Waals surface area contributed by atoms with E-state index in [0.29, 0.717) is 18.1 Å². The maximum Gasteiger partial charge on any atom is 0.0594 e. The first kappa shape index (κ1) is 10.6. The van der Waals surface area contributed by atoms with E-state index >= 15 is 0 Å². The molecule has 3 atom stereocenters. The summed E-state index contributed by atoms with van der Waals surface area (Å²) >= 11 is 0. The van der Waals surface area contributed by atoms with Gasteiger partial charge in [-0.15, -0.1) is 0 Å². The summed E-state index contributed by atoms with van der Waals surface area (Å²) in [5.74, 6) is 0.555. The van der Waals surface area contributed by atoms with Gasteiger partial charge in [-0.3, -0.25) is 4.68 Å². The van der Waals surface area contributed by atoms with Gasteiger partial charge in [0.15, 0.2) is 0 Å². The van der Waals surface area contributed by atoms with E-state index in [9.17, 15) is 0 Å². The Balaban J connectivity index is 2.16. The lowest BCUT2D eigenvalue weighted by Gasteiger charge is -2.24. The molecule has 1 aromatic rings. The number of nitrogens with one attached hydrogen (secondary N) is 1. The van der Waals surface area contributed by atoms with E-state index in [-0.39, 0.29) is 0 Å². The van der Waals surface area contributed by atoms with Crippen LogP contribution in [0, 0.1) is 5.92 Å². The molecule has 0 aromatic carbocycles. The van der Waals surface area contributed by atoms with Crippen molar-refractivity contribution in [1.29, 1.82) is 0 Å². The first-order valence-corrected chi connectivity index (χ1v) is 5.49. The zero-order chi connectivity index (χ0) is 10.8. The minimum atomic E-state index is 0.336. The zero-order valence-electron chi connectivity index (χ0n) is 9.60. The van der Waals surface area contributed by atoms with Crippen LogP contribution in [0.1, 0.15) is 24.9 Å². The van der Waals surface area contributed by atoms with Gasteiger partial charge in [-0.05, 0) is 20.4 Å². The molecule has 1 fully saturated rings. The Labute approximate surface area is 90.6 Å². The maximum atomic E-state index is 5.61. The number of hydrogen-bond donors (Lipinski definition) is 1. The van der Waals surface area contributed by atoms with Gasteiger partial charge in [-0.25, -0.2) is 0 Å². The number of ether oxygens (including phenoxy) is 1. The number of aromatic nitrogens is 2. The molecule has 0 radical (unpaired) electrons. The SMILES string of the molecule is CNC(c1cnn(C)c1)C1CCOC1C. The smallest absolute Gasteiger partial charge is 0.0594 e. The molecule has 1 N–H and O–H groups in total. The summed E-state index contributed by atoms with van der Waals surface area (Å²) in [6, 6.07) is 0.358. The second kappa shape index (κ2) is 4.33. The van der Waals surface area contributed by atoms with Gasteiger partial charge < -0.3 is 10.1 Å². The molecule has 0 saturated carbocycles. The molecule has 1 aliphatic heterocycles. The van der Waals surface area contributed by atoms with Gasteiger partial charge in [-0.2, -0.15) is 5.10 Å². The van der Waals surface area contributed by atoms with Gasteiger partial charge in [0, 0.05) is 37.4 Å². The molecule has 0 spiro atoms. The van der Waals surface area contributed by atoms with Gasteiger partial charge in [0.2, 0.25) is 0 Å². The van der Waals surface area contributed by atoms with Crippen LogP contribution < -0.4 is 5.32 Å². The molecular formula is C11H19N3O. The Kier molecular flexibility index (Phi) is 3.07. The third-order valence-electron chi connectivity index (χ3n) is 3.26. The topological polar surface area (TPSA) is 39.1 Å². The summed E-state index contributed by atoms with van der Waals surface area (Å²) in [7, 11) is 3.95. The number of hydrogen-bond acceptors (Lipinski definition) is 3. The standard InChI is InChI=1S/C11H19N3O/c1-8-10(4-5-15-8)11(12-2)9-6-13-14(3)7-9/h6-8,10-12H,4-5H2,1-3H3. The molecule has 0 bridgehead atoms. The number of nitrogens with zero attached hydrogens (tertiary/aromatic N) is 2. The van der Waals surface area contributed by atoms with Gasteiger partial charge in [0.05, 0.1) is 12.3 Å². The Hall–Kier alpha value is -0.870. The van der Waals surface area contributed by atoms with E-state index in [1.54, 1.807) is 0 Å². The van der Waals surface area contributed by atoms with Crippen molar-refractivity contribution in [2.24, 2.45) is 13.0 Å². The highest BCUT2D eigenvalue weighted by Gasteiger charge is 2.32. The zero-order valence-corrected chi connectivity index (χ0v) is 9.60. The van der Waals surface area contributed by atoms with Crippen molar-refractivity contribution < 1.29 is 4.74 Å². The maximum absolute atomic E-state index is 5.61. The summed E-state index contributed by atoms with van der Waals surface area (Å²) in [4.78, 5) is 0. The first-order chi connectivity index (χ1) is 7.22. The highest BCUT2D eigenvalue weighted by Crippen LogP contribution is 2.32. The fourth-order valence-corrected chi connectivity index (χ4v) is 2.41. The fraction of sp³-hybridized carbons (Fsp3) is 0.727. The molecule has 0 aliphatic carbocycles. The molecule has 15 heavy (non-hydrogen) atoms. The molecule has 3 unspecified atom stereocenters. The monoisotopic (exact) mass is 209 g/mol. The van der Waals surface area contributed by atoms with Crippen molar-refractivity contribution in [3.63, 3.8) is 0 Å². The third-order valence-corrected chi connectivity index (χ3v) is 3.26. The quantitative estimate of drug-likeness (QED) is 0.810. The Bertz CT molecular complexity index is 323. The van der Waals surface area contributed by atoms with Crippen molar-refractivity contribution in [3.8, 4) is 0 Å². The summed E-state index contributed by atoms with van der Waals surface area (Å²) in [5.41, 5.74) is 1.25. The van der Waals surface area contributed by atoms with Gasteiger partial charge >= 0.3 is 0 Å². The van der Waals surface area contributed by atoms with Crippen LogP contribution in [-0.2, 0) is 11.8 Å². The predicted octanol–water partition coefficient (Wildman–Crippen LogP) is 1.11. The molecular weight excluding hydrogens is 190 g/mol. The first-order valence-electron chi connectivity index (χ1n) is 5.49. The lowest BCUT2D eigenvalue weighted by atomic mass is 9.90. The van der Waals surface area contributed by atoms with Crippen LogP contribution in [-0.4, -0.2) is 29.5 Å². The second-order valence-electron chi connectivity index (χ2n) is 4.24. The van der Waals surface area contributed by atoms with Crippen molar-refractivity contribution in [2.75, 3.05) is 13.7 Å². The molecule has 2 rings (SSSR count). The van der Waals surface area contributed by atoms with Gasteiger partial charge in [-0.1, -0.05) is 0 Å². The average molecular weight is 209 g/mol. The Morgan fingerprint density at radius 3 is 2.93 bits per heavy atom. The molecule has 84 valence electrons. The van der Waals surface area contributed by atoms with Gasteiger partial charge in [0.25, 0.3) is 0 Å². The molecule has 1 aliphatic rings. The average Bonchev–Trinajstić information content (AvgIpc) is 2.79. The van der Waals surface area contributed by atoms with Gasteiger partial charge in [0.1, 0.15) is 0 Å².